The highest BCUT2D eigenvalue weighted by Crippen LogP contribution is 2.19. The molecule has 0 radical (unpaired) electrons. The standard InChI is InChI=1S/C14H11BrN2O/c1-9-5-6-13-12(7-9)16-14(18)17(13)11-4-2-3-10(15)8-11/h2-8H,1H3,(H,16,18). The number of aromatic amines is 1. The summed E-state index contributed by atoms with van der Waals surface area (Å²) in [6.07, 6.45) is 0. The Kier molecular flexibility index (Phi) is 2.59. The molecule has 1 N–H and O–H groups in total. The third-order valence-electron chi connectivity index (χ3n) is 2.90. The fourth-order valence-electron chi connectivity index (χ4n) is 2.10. The van der Waals surface area contributed by atoms with Gasteiger partial charge >= 0.3 is 5.69 Å². The van der Waals surface area contributed by atoms with Crippen molar-refractivity contribution in [1.29, 1.82) is 0 Å². The number of rotatable bonds is 1. The first kappa shape index (κ1) is 11.3. The van der Waals surface area contributed by atoms with Crippen molar-refractivity contribution >= 4 is 27.0 Å². The Bertz CT molecular complexity index is 786. The average molecular weight is 303 g/mol. The minimum Gasteiger partial charge on any atom is -0.305 e. The van der Waals surface area contributed by atoms with Crippen LogP contribution in [0.25, 0.3) is 16.7 Å². The zero-order valence-electron chi connectivity index (χ0n) is 9.77. The lowest BCUT2D eigenvalue weighted by atomic mass is 10.2. The number of imidazole rings is 1. The molecule has 0 saturated heterocycles. The first-order valence-corrected chi connectivity index (χ1v) is 6.42. The monoisotopic (exact) mass is 302 g/mol. The summed E-state index contributed by atoms with van der Waals surface area (Å²) in [5, 5.41) is 0. The molecule has 0 aliphatic heterocycles. The van der Waals surface area contributed by atoms with E-state index < -0.39 is 0 Å². The zero-order chi connectivity index (χ0) is 12.7. The maximum absolute atomic E-state index is 12.1. The Hall–Kier alpha value is -1.81. The number of nitrogens with zero attached hydrogens (tertiary/aromatic N) is 1. The third-order valence-corrected chi connectivity index (χ3v) is 3.40. The molecule has 0 fully saturated rings. The zero-order valence-corrected chi connectivity index (χ0v) is 11.4. The van der Waals surface area contributed by atoms with E-state index in [-0.39, 0.29) is 5.69 Å². The summed E-state index contributed by atoms with van der Waals surface area (Å²) in [7, 11) is 0. The van der Waals surface area contributed by atoms with E-state index in [1.807, 2.05) is 49.4 Å². The van der Waals surface area contributed by atoms with E-state index in [2.05, 4.69) is 20.9 Å². The molecule has 0 unspecified atom stereocenters. The molecule has 0 saturated carbocycles. The van der Waals surface area contributed by atoms with Crippen LogP contribution in [-0.2, 0) is 0 Å². The Labute approximate surface area is 112 Å². The molecule has 1 heterocycles. The van der Waals surface area contributed by atoms with Gasteiger partial charge in [0, 0.05) is 4.47 Å². The van der Waals surface area contributed by atoms with Gasteiger partial charge in [-0.2, -0.15) is 0 Å². The molecule has 18 heavy (non-hydrogen) atoms. The molecule has 0 aliphatic rings. The molecular weight excluding hydrogens is 292 g/mol. The normalized spacial score (nSPS) is 11.0. The van der Waals surface area contributed by atoms with Crippen LogP contribution in [0, 0.1) is 6.92 Å². The van der Waals surface area contributed by atoms with Gasteiger partial charge in [-0.05, 0) is 42.8 Å². The fourth-order valence-corrected chi connectivity index (χ4v) is 2.48. The van der Waals surface area contributed by atoms with Crippen molar-refractivity contribution in [2.45, 2.75) is 6.92 Å². The van der Waals surface area contributed by atoms with Crippen LogP contribution in [0.2, 0.25) is 0 Å². The second-order valence-corrected chi connectivity index (χ2v) is 5.18. The summed E-state index contributed by atoms with van der Waals surface area (Å²) in [6.45, 7) is 2.01. The van der Waals surface area contributed by atoms with Crippen LogP contribution in [0.3, 0.4) is 0 Å². The number of halogens is 1. The van der Waals surface area contributed by atoms with Gasteiger partial charge < -0.3 is 4.98 Å². The quantitative estimate of drug-likeness (QED) is 0.735. The smallest absolute Gasteiger partial charge is 0.305 e. The SMILES string of the molecule is Cc1ccc2c(c1)[nH]c(=O)n2-c1cccc(Br)c1. The second-order valence-electron chi connectivity index (χ2n) is 4.27. The van der Waals surface area contributed by atoms with Crippen LogP contribution >= 0.6 is 15.9 Å². The first-order chi connectivity index (χ1) is 8.65. The predicted octanol–water partition coefficient (Wildman–Crippen LogP) is 3.39. The maximum atomic E-state index is 12.1. The van der Waals surface area contributed by atoms with Gasteiger partial charge in [0.1, 0.15) is 0 Å². The Morgan fingerprint density at radius 2 is 2.00 bits per heavy atom. The topological polar surface area (TPSA) is 37.8 Å². The van der Waals surface area contributed by atoms with E-state index in [0.29, 0.717) is 0 Å². The molecule has 3 nitrogen and oxygen atoms in total. The number of aryl methyl sites for hydroxylation is 1. The molecule has 3 rings (SSSR count). The molecule has 0 bridgehead atoms. The fraction of sp³-hybridized carbons (Fsp3) is 0.0714. The van der Waals surface area contributed by atoms with Crippen molar-refractivity contribution < 1.29 is 0 Å². The van der Waals surface area contributed by atoms with Gasteiger partial charge in [0.05, 0.1) is 16.7 Å². The van der Waals surface area contributed by atoms with Gasteiger partial charge in [0.15, 0.2) is 0 Å². The number of nitrogens with one attached hydrogen (secondary N) is 1. The van der Waals surface area contributed by atoms with Crippen LogP contribution in [0.5, 0.6) is 0 Å². The highest BCUT2D eigenvalue weighted by atomic mass is 79.9. The van der Waals surface area contributed by atoms with Gasteiger partial charge in [-0.1, -0.05) is 28.1 Å². The summed E-state index contributed by atoms with van der Waals surface area (Å²) in [5.74, 6) is 0. The summed E-state index contributed by atoms with van der Waals surface area (Å²) >= 11 is 3.42. The van der Waals surface area contributed by atoms with Crippen molar-refractivity contribution in [1.82, 2.24) is 9.55 Å². The lowest BCUT2D eigenvalue weighted by Crippen LogP contribution is -2.14. The summed E-state index contributed by atoms with van der Waals surface area (Å²) in [6, 6.07) is 13.6. The van der Waals surface area contributed by atoms with E-state index in [0.717, 1.165) is 26.8 Å². The molecular formula is C14H11BrN2O. The highest BCUT2D eigenvalue weighted by Gasteiger charge is 2.08. The van der Waals surface area contributed by atoms with Crippen LogP contribution in [-0.4, -0.2) is 9.55 Å². The molecule has 0 amide bonds. The van der Waals surface area contributed by atoms with E-state index in [1.165, 1.54) is 0 Å². The number of benzene rings is 2. The van der Waals surface area contributed by atoms with Crippen molar-refractivity contribution in [3.63, 3.8) is 0 Å². The molecule has 90 valence electrons. The number of hydrogen-bond donors (Lipinski definition) is 1. The van der Waals surface area contributed by atoms with Crippen molar-refractivity contribution in [3.8, 4) is 5.69 Å². The van der Waals surface area contributed by atoms with Crippen molar-refractivity contribution in [2.24, 2.45) is 0 Å². The number of H-pyrrole nitrogens is 1. The maximum Gasteiger partial charge on any atom is 0.331 e. The molecule has 0 aliphatic carbocycles. The third kappa shape index (κ3) is 1.78. The number of aromatic nitrogens is 2. The molecule has 2 aromatic carbocycles. The lowest BCUT2D eigenvalue weighted by molar-refractivity contribution is 1.02. The molecule has 4 heteroatoms. The van der Waals surface area contributed by atoms with E-state index in [4.69, 9.17) is 0 Å². The van der Waals surface area contributed by atoms with Gasteiger partial charge in [-0.3, -0.25) is 4.57 Å². The largest absolute Gasteiger partial charge is 0.331 e. The second kappa shape index (κ2) is 4.14. The van der Waals surface area contributed by atoms with Gasteiger partial charge in [0.25, 0.3) is 0 Å². The van der Waals surface area contributed by atoms with Gasteiger partial charge in [-0.15, -0.1) is 0 Å². The van der Waals surface area contributed by atoms with Crippen LogP contribution in [0.15, 0.2) is 51.7 Å². The van der Waals surface area contributed by atoms with Crippen molar-refractivity contribution in [2.75, 3.05) is 0 Å². The summed E-state index contributed by atoms with van der Waals surface area (Å²) in [5.41, 5.74) is 3.62. The summed E-state index contributed by atoms with van der Waals surface area (Å²) < 4.78 is 2.63. The molecule has 1 aromatic heterocycles. The highest BCUT2D eigenvalue weighted by molar-refractivity contribution is 9.10. The van der Waals surface area contributed by atoms with Crippen LogP contribution in [0.4, 0.5) is 0 Å². The first-order valence-electron chi connectivity index (χ1n) is 5.62. The Morgan fingerprint density at radius 1 is 1.17 bits per heavy atom. The molecule has 0 atom stereocenters. The molecule has 0 spiro atoms. The predicted molar refractivity (Wildman–Crippen MR) is 76.3 cm³/mol. The van der Waals surface area contributed by atoms with Crippen LogP contribution in [0.1, 0.15) is 5.56 Å². The Morgan fingerprint density at radius 3 is 2.78 bits per heavy atom. The van der Waals surface area contributed by atoms with E-state index in [1.54, 1.807) is 4.57 Å². The van der Waals surface area contributed by atoms with Crippen molar-refractivity contribution in [3.05, 3.63) is 63.0 Å². The minimum absolute atomic E-state index is 0.117. The molecule has 3 aromatic rings. The van der Waals surface area contributed by atoms with E-state index in [9.17, 15) is 4.79 Å². The summed E-state index contributed by atoms with van der Waals surface area (Å²) in [4.78, 5) is 14.9. The number of fused-ring (bicyclic) bond motifs is 1. The minimum atomic E-state index is -0.117. The lowest BCUT2D eigenvalue weighted by Gasteiger charge is -2.03. The number of hydrogen-bond acceptors (Lipinski definition) is 1. The van der Waals surface area contributed by atoms with Crippen LogP contribution < -0.4 is 5.69 Å². The average Bonchev–Trinajstić information content (AvgIpc) is 2.64. The van der Waals surface area contributed by atoms with E-state index >= 15 is 0 Å². The Balaban J connectivity index is 2.35. The van der Waals surface area contributed by atoms with Gasteiger partial charge in [-0.25, -0.2) is 4.79 Å². The van der Waals surface area contributed by atoms with Gasteiger partial charge in [0.2, 0.25) is 0 Å².